The van der Waals surface area contributed by atoms with Crippen molar-refractivity contribution >= 4 is 28.3 Å². The topological polar surface area (TPSA) is 80.8 Å². The lowest BCUT2D eigenvalue weighted by Gasteiger charge is -2.38. The number of allylic oxidation sites excluding steroid dienone is 1. The molecule has 3 aromatic rings. The number of piperazine rings is 1. The van der Waals surface area contributed by atoms with Gasteiger partial charge in [-0.2, -0.15) is 9.97 Å². The van der Waals surface area contributed by atoms with E-state index in [2.05, 4.69) is 40.8 Å². The minimum Gasteiger partial charge on any atom is -0.462 e. The van der Waals surface area contributed by atoms with Crippen molar-refractivity contribution in [2.75, 3.05) is 69.4 Å². The van der Waals surface area contributed by atoms with Gasteiger partial charge < -0.3 is 24.4 Å². The van der Waals surface area contributed by atoms with Crippen LogP contribution in [0.25, 0.3) is 10.9 Å². The van der Waals surface area contributed by atoms with Gasteiger partial charge in [-0.05, 0) is 56.7 Å². The molecule has 0 saturated carbocycles. The first kappa shape index (κ1) is 29.3. The van der Waals surface area contributed by atoms with Gasteiger partial charge in [0.15, 0.2) is 0 Å². The number of likely N-dealkylation sites (tertiary alicyclic amines) is 1. The van der Waals surface area contributed by atoms with Crippen LogP contribution in [0.1, 0.15) is 28.8 Å². The standard InChI is InChI=1S/C31H38F3N7O2/c1-20-15-25-23(6-9-35-25)28(21(20)2)41-10-7-24-26(17-41)36-30(43-18-22-16-31(33,34)19-38(22)3)37-29(24)40-13-11-39(12-14-40)27(42)5-4-8-32/h4-6,9,15,22,35H,7-8,10-14,16-19H2,1-3H3/t22-/m1/s1. The first-order chi connectivity index (χ1) is 20.6. The molecule has 2 aromatic heterocycles. The van der Waals surface area contributed by atoms with E-state index in [4.69, 9.17) is 14.7 Å². The number of likely N-dealkylation sites (N-methyl/N-ethyl adjacent to an activating group) is 1. The maximum atomic E-state index is 14.0. The van der Waals surface area contributed by atoms with Crippen LogP contribution in [0, 0.1) is 13.8 Å². The molecule has 3 aliphatic rings. The van der Waals surface area contributed by atoms with Gasteiger partial charge in [0.2, 0.25) is 5.91 Å². The summed E-state index contributed by atoms with van der Waals surface area (Å²) in [5.74, 6) is -2.18. The highest BCUT2D eigenvalue weighted by Crippen LogP contribution is 2.38. The van der Waals surface area contributed by atoms with Crippen LogP contribution in [0.5, 0.6) is 6.01 Å². The summed E-state index contributed by atoms with van der Waals surface area (Å²) in [5, 5.41) is 1.16. The van der Waals surface area contributed by atoms with E-state index < -0.39 is 18.6 Å². The Morgan fingerprint density at radius 1 is 1.16 bits per heavy atom. The van der Waals surface area contributed by atoms with Crippen LogP contribution in [-0.4, -0.2) is 102 Å². The highest BCUT2D eigenvalue weighted by molar-refractivity contribution is 5.95. The molecule has 0 unspecified atom stereocenters. The zero-order valence-electron chi connectivity index (χ0n) is 24.9. The van der Waals surface area contributed by atoms with Crippen molar-refractivity contribution in [1.82, 2.24) is 24.8 Å². The molecule has 1 N–H and O–H groups in total. The molecule has 1 aromatic carbocycles. The third-order valence-electron chi connectivity index (χ3n) is 8.96. The molecular formula is C31H38F3N7O2. The third kappa shape index (κ3) is 5.89. The molecule has 2 fully saturated rings. The van der Waals surface area contributed by atoms with E-state index in [0.29, 0.717) is 32.7 Å². The normalized spacial score (nSPS) is 20.8. The summed E-state index contributed by atoms with van der Waals surface area (Å²) < 4.78 is 46.6. The predicted molar refractivity (Wildman–Crippen MR) is 160 cm³/mol. The fourth-order valence-corrected chi connectivity index (χ4v) is 6.54. The maximum Gasteiger partial charge on any atom is 0.318 e. The van der Waals surface area contributed by atoms with Gasteiger partial charge >= 0.3 is 6.01 Å². The average Bonchev–Trinajstić information content (AvgIpc) is 3.56. The first-order valence-corrected chi connectivity index (χ1v) is 14.8. The largest absolute Gasteiger partial charge is 0.462 e. The summed E-state index contributed by atoms with van der Waals surface area (Å²) in [6.45, 7) is 6.76. The number of hydrogen-bond donors (Lipinski definition) is 1. The summed E-state index contributed by atoms with van der Waals surface area (Å²) in [7, 11) is 1.68. The van der Waals surface area contributed by atoms with E-state index in [9.17, 15) is 18.0 Å². The molecule has 43 heavy (non-hydrogen) atoms. The lowest BCUT2D eigenvalue weighted by molar-refractivity contribution is -0.126. The number of aromatic amines is 1. The van der Waals surface area contributed by atoms with Crippen molar-refractivity contribution in [1.29, 1.82) is 0 Å². The zero-order chi connectivity index (χ0) is 30.3. The molecule has 9 nitrogen and oxygen atoms in total. The number of hydrogen-bond acceptors (Lipinski definition) is 7. The van der Waals surface area contributed by atoms with Gasteiger partial charge in [0.05, 0.1) is 18.8 Å². The number of amides is 1. The Morgan fingerprint density at radius 3 is 2.67 bits per heavy atom. The molecule has 1 amide bonds. The van der Waals surface area contributed by atoms with Crippen LogP contribution in [0.2, 0.25) is 0 Å². The molecule has 12 heteroatoms. The van der Waals surface area contributed by atoms with E-state index in [-0.39, 0.29) is 31.5 Å². The number of halogens is 3. The second-order valence-electron chi connectivity index (χ2n) is 11.8. The van der Waals surface area contributed by atoms with Gasteiger partial charge in [-0.15, -0.1) is 0 Å². The molecule has 1 atom stereocenters. The lowest BCUT2D eigenvalue weighted by atomic mass is 9.99. The molecule has 6 rings (SSSR count). The molecular weight excluding hydrogens is 559 g/mol. The molecule has 3 aliphatic heterocycles. The summed E-state index contributed by atoms with van der Waals surface area (Å²) in [4.78, 5) is 33.2. The van der Waals surface area contributed by atoms with Crippen LogP contribution in [-0.2, 0) is 17.8 Å². The monoisotopic (exact) mass is 597 g/mol. The first-order valence-electron chi connectivity index (χ1n) is 14.8. The number of anilines is 2. The number of aromatic nitrogens is 3. The second-order valence-corrected chi connectivity index (χ2v) is 11.8. The van der Waals surface area contributed by atoms with Crippen molar-refractivity contribution in [3.8, 4) is 6.01 Å². The van der Waals surface area contributed by atoms with Gasteiger partial charge in [-0.1, -0.05) is 0 Å². The van der Waals surface area contributed by atoms with E-state index in [1.54, 1.807) is 16.8 Å². The summed E-state index contributed by atoms with van der Waals surface area (Å²) in [6, 6.07) is 4.01. The second kappa shape index (κ2) is 11.7. The number of alkyl halides is 3. The molecule has 0 bridgehead atoms. The minimum absolute atomic E-state index is 0.0676. The van der Waals surface area contributed by atoms with Crippen molar-refractivity contribution in [2.24, 2.45) is 0 Å². The number of carbonyl (C=O) groups is 1. The van der Waals surface area contributed by atoms with Gasteiger partial charge in [0, 0.05) is 79.6 Å². The Bertz CT molecular complexity index is 1530. The number of ether oxygens (including phenoxy) is 1. The Hall–Kier alpha value is -3.80. The van der Waals surface area contributed by atoms with E-state index in [1.165, 1.54) is 29.0 Å². The van der Waals surface area contributed by atoms with Gasteiger partial charge in [0.25, 0.3) is 5.92 Å². The van der Waals surface area contributed by atoms with Crippen LogP contribution >= 0.6 is 0 Å². The van der Waals surface area contributed by atoms with Crippen LogP contribution in [0.3, 0.4) is 0 Å². The van der Waals surface area contributed by atoms with Crippen LogP contribution in [0.15, 0.2) is 30.5 Å². The third-order valence-corrected chi connectivity index (χ3v) is 8.96. The number of nitrogens with one attached hydrogen (secondary N) is 1. The van der Waals surface area contributed by atoms with Gasteiger partial charge in [0.1, 0.15) is 19.1 Å². The number of rotatable bonds is 7. The van der Waals surface area contributed by atoms with Gasteiger partial charge in [-0.3, -0.25) is 9.69 Å². The molecule has 2 saturated heterocycles. The Morgan fingerprint density at radius 2 is 1.95 bits per heavy atom. The van der Waals surface area contributed by atoms with Crippen molar-refractivity contribution < 1.29 is 22.7 Å². The minimum atomic E-state index is -2.74. The molecule has 0 aliphatic carbocycles. The van der Waals surface area contributed by atoms with Crippen LogP contribution < -0.4 is 14.5 Å². The van der Waals surface area contributed by atoms with Crippen molar-refractivity contribution in [3.63, 3.8) is 0 Å². The summed E-state index contributed by atoms with van der Waals surface area (Å²) in [6.07, 6.45) is 4.92. The quantitative estimate of drug-likeness (QED) is 0.412. The summed E-state index contributed by atoms with van der Waals surface area (Å²) in [5.41, 5.74) is 6.57. The number of nitrogens with zero attached hydrogens (tertiary/aromatic N) is 6. The Labute approximate surface area is 249 Å². The fraction of sp³-hybridized carbons (Fsp3) is 0.516. The Balaban J connectivity index is 1.29. The fourth-order valence-electron chi connectivity index (χ4n) is 6.54. The lowest BCUT2D eigenvalue weighted by Crippen LogP contribution is -2.49. The molecule has 5 heterocycles. The number of benzene rings is 1. The molecule has 230 valence electrons. The number of aryl methyl sites for hydroxylation is 1. The van der Waals surface area contributed by atoms with Crippen LogP contribution in [0.4, 0.5) is 24.7 Å². The van der Waals surface area contributed by atoms with Crippen molar-refractivity contribution in [3.05, 3.63) is 52.9 Å². The number of fused-ring (bicyclic) bond motifs is 2. The van der Waals surface area contributed by atoms with E-state index >= 15 is 0 Å². The highest BCUT2D eigenvalue weighted by Gasteiger charge is 2.43. The van der Waals surface area contributed by atoms with E-state index in [0.717, 1.165) is 40.9 Å². The molecule has 0 spiro atoms. The SMILES string of the molecule is Cc1cc2[nH]ccc2c(N2CCc3c(nc(OC[C@H]4CC(F)(F)CN4C)nc3N3CCN(C(=O)C=CCF)CC3)C2)c1C. The maximum absolute atomic E-state index is 14.0. The zero-order valence-corrected chi connectivity index (χ0v) is 24.9. The predicted octanol–water partition coefficient (Wildman–Crippen LogP) is 4.03. The molecule has 0 radical (unpaired) electrons. The average molecular weight is 598 g/mol. The smallest absolute Gasteiger partial charge is 0.318 e. The highest BCUT2D eigenvalue weighted by atomic mass is 19.3. The Kier molecular flexibility index (Phi) is 7.97. The van der Waals surface area contributed by atoms with Gasteiger partial charge in [-0.25, -0.2) is 13.2 Å². The number of H-pyrrole nitrogens is 1. The summed E-state index contributed by atoms with van der Waals surface area (Å²) >= 11 is 0. The van der Waals surface area contributed by atoms with Crippen molar-refractivity contribution in [2.45, 2.75) is 45.2 Å². The number of carbonyl (C=O) groups excluding carboxylic acids is 1. The van der Waals surface area contributed by atoms with E-state index in [1.807, 2.05) is 6.20 Å².